The molecule has 0 aromatic heterocycles. The standard InChI is InChI=1S/C11H13F3O/c1-8(2)15-7-9-5-3-4-6-10(9)11(12,13)14/h3-6,8H,7H2,1-2H3. The normalized spacial score (nSPS) is 12.1. The van der Waals surface area contributed by atoms with Gasteiger partial charge < -0.3 is 4.74 Å². The fourth-order valence-corrected chi connectivity index (χ4v) is 1.18. The highest BCUT2D eigenvalue weighted by Crippen LogP contribution is 2.32. The second kappa shape index (κ2) is 4.66. The van der Waals surface area contributed by atoms with Gasteiger partial charge in [-0.05, 0) is 25.5 Å². The molecule has 0 heterocycles. The van der Waals surface area contributed by atoms with Crippen molar-refractivity contribution in [2.75, 3.05) is 0 Å². The van der Waals surface area contributed by atoms with Crippen LogP contribution in [0.4, 0.5) is 13.2 Å². The highest BCUT2D eigenvalue weighted by molar-refractivity contribution is 5.28. The molecular weight excluding hydrogens is 205 g/mol. The first kappa shape index (κ1) is 12.0. The van der Waals surface area contributed by atoms with Crippen LogP contribution in [0.5, 0.6) is 0 Å². The monoisotopic (exact) mass is 218 g/mol. The lowest BCUT2D eigenvalue weighted by atomic mass is 10.1. The highest BCUT2D eigenvalue weighted by Gasteiger charge is 2.32. The van der Waals surface area contributed by atoms with Crippen LogP contribution >= 0.6 is 0 Å². The molecule has 0 aliphatic carbocycles. The van der Waals surface area contributed by atoms with Crippen LogP contribution in [0.1, 0.15) is 25.0 Å². The molecule has 0 amide bonds. The Bertz CT molecular complexity index is 318. The number of alkyl halides is 3. The van der Waals surface area contributed by atoms with Crippen LogP contribution in [0.2, 0.25) is 0 Å². The molecule has 0 N–H and O–H groups in total. The first-order chi connectivity index (χ1) is 6.91. The SMILES string of the molecule is CC(C)OCc1ccccc1C(F)(F)F. The Morgan fingerprint density at radius 3 is 2.33 bits per heavy atom. The molecule has 0 aliphatic rings. The van der Waals surface area contributed by atoms with Crippen LogP contribution in [-0.4, -0.2) is 6.10 Å². The molecule has 84 valence electrons. The Kier molecular flexibility index (Phi) is 3.74. The van der Waals surface area contributed by atoms with E-state index in [2.05, 4.69) is 0 Å². The van der Waals surface area contributed by atoms with Gasteiger partial charge in [-0.25, -0.2) is 0 Å². The summed E-state index contributed by atoms with van der Waals surface area (Å²) in [6.07, 6.45) is -4.39. The van der Waals surface area contributed by atoms with E-state index in [0.29, 0.717) is 0 Å². The molecule has 0 atom stereocenters. The van der Waals surface area contributed by atoms with Crippen molar-refractivity contribution in [2.24, 2.45) is 0 Å². The summed E-state index contributed by atoms with van der Waals surface area (Å²) < 4.78 is 42.7. The van der Waals surface area contributed by atoms with E-state index in [9.17, 15) is 13.2 Å². The van der Waals surface area contributed by atoms with E-state index in [1.54, 1.807) is 19.9 Å². The maximum absolute atomic E-state index is 12.5. The quantitative estimate of drug-likeness (QED) is 0.752. The minimum atomic E-state index is -4.31. The van der Waals surface area contributed by atoms with Crippen LogP contribution in [0.25, 0.3) is 0 Å². The predicted molar refractivity (Wildman–Crippen MR) is 51.4 cm³/mol. The molecule has 1 nitrogen and oxygen atoms in total. The van der Waals surface area contributed by atoms with E-state index in [4.69, 9.17) is 4.74 Å². The van der Waals surface area contributed by atoms with Gasteiger partial charge in [0, 0.05) is 0 Å². The molecule has 0 spiro atoms. The topological polar surface area (TPSA) is 9.23 Å². The molecule has 1 aromatic rings. The second-order valence-electron chi connectivity index (χ2n) is 3.51. The molecular formula is C11H13F3O. The van der Waals surface area contributed by atoms with Gasteiger partial charge in [-0.2, -0.15) is 13.2 Å². The summed E-state index contributed by atoms with van der Waals surface area (Å²) in [5.41, 5.74) is -0.440. The summed E-state index contributed by atoms with van der Waals surface area (Å²) in [5.74, 6) is 0. The van der Waals surface area contributed by atoms with Gasteiger partial charge in [0.2, 0.25) is 0 Å². The van der Waals surface area contributed by atoms with E-state index in [1.807, 2.05) is 0 Å². The first-order valence-corrected chi connectivity index (χ1v) is 4.68. The molecule has 0 saturated heterocycles. The number of benzene rings is 1. The predicted octanol–water partition coefficient (Wildman–Crippen LogP) is 3.63. The number of ether oxygens (including phenoxy) is 1. The van der Waals surface area contributed by atoms with Crippen molar-refractivity contribution in [3.63, 3.8) is 0 Å². The lowest BCUT2D eigenvalue weighted by molar-refractivity contribution is -0.139. The Morgan fingerprint density at radius 1 is 1.20 bits per heavy atom. The summed E-state index contributed by atoms with van der Waals surface area (Å²) in [7, 11) is 0. The summed E-state index contributed by atoms with van der Waals surface area (Å²) >= 11 is 0. The van der Waals surface area contributed by atoms with Gasteiger partial charge in [0.15, 0.2) is 0 Å². The zero-order valence-corrected chi connectivity index (χ0v) is 8.64. The zero-order valence-electron chi connectivity index (χ0n) is 8.64. The third-order valence-corrected chi connectivity index (χ3v) is 1.89. The fraction of sp³-hybridized carbons (Fsp3) is 0.455. The third-order valence-electron chi connectivity index (χ3n) is 1.89. The molecule has 15 heavy (non-hydrogen) atoms. The van der Waals surface area contributed by atoms with Gasteiger partial charge in [0.25, 0.3) is 0 Å². The molecule has 0 fully saturated rings. The lowest BCUT2D eigenvalue weighted by Gasteiger charge is -2.14. The Labute approximate surface area is 86.9 Å². The smallest absolute Gasteiger partial charge is 0.374 e. The van der Waals surface area contributed by atoms with Crippen molar-refractivity contribution in [1.29, 1.82) is 0 Å². The molecule has 0 radical (unpaired) electrons. The van der Waals surface area contributed by atoms with E-state index < -0.39 is 11.7 Å². The van der Waals surface area contributed by atoms with Crippen LogP contribution in [0.3, 0.4) is 0 Å². The molecule has 0 saturated carbocycles. The Hall–Kier alpha value is -1.03. The van der Waals surface area contributed by atoms with E-state index >= 15 is 0 Å². The maximum atomic E-state index is 12.5. The van der Waals surface area contributed by atoms with Crippen molar-refractivity contribution in [3.05, 3.63) is 35.4 Å². The fourth-order valence-electron chi connectivity index (χ4n) is 1.18. The molecule has 0 aliphatic heterocycles. The third kappa shape index (κ3) is 3.55. The van der Waals surface area contributed by atoms with Gasteiger partial charge in [-0.15, -0.1) is 0 Å². The van der Waals surface area contributed by atoms with Gasteiger partial charge in [0.05, 0.1) is 18.3 Å². The molecule has 1 aromatic carbocycles. The lowest BCUT2D eigenvalue weighted by Crippen LogP contribution is -2.11. The first-order valence-electron chi connectivity index (χ1n) is 4.68. The summed E-state index contributed by atoms with van der Waals surface area (Å²) in [6.45, 7) is 3.57. The van der Waals surface area contributed by atoms with Gasteiger partial charge in [-0.1, -0.05) is 18.2 Å². The van der Waals surface area contributed by atoms with Crippen molar-refractivity contribution in [2.45, 2.75) is 32.7 Å². The van der Waals surface area contributed by atoms with Crippen molar-refractivity contribution in [1.82, 2.24) is 0 Å². The minimum absolute atomic E-state index is 0.00660. The van der Waals surface area contributed by atoms with Gasteiger partial charge in [0.1, 0.15) is 0 Å². The van der Waals surface area contributed by atoms with E-state index in [1.165, 1.54) is 12.1 Å². The number of hydrogen-bond donors (Lipinski definition) is 0. The average molecular weight is 218 g/mol. The maximum Gasteiger partial charge on any atom is 0.416 e. The second-order valence-corrected chi connectivity index (χ2v) is 3.51. The zero-order chi connectivity index (χ0) is 11.5. The van der Waals surface area contributed by atoms with Crippen molar-refractivity contribution < 1.29 is 17.9 Å². The van der Waals surface area contributed by atoms with E-state index in [0.717, 1.165) is 6.07 Å². The van der Waals surface area contributed by atoms with Crippen molar-refractivity contribution in [3.8, 4) is 0 Å². The number of rotatable bonds is 3. The van der Waals surface area contributed by atoms with Crippen LogP contribution in [0.15, 0.2) is 24.3 Å². The number of hydrogen-bond acceptors (Lipinski definition) is 1. The van der Waals surface area contributed by atoms with Crippen LogP contribution in [-0.2, 0) is 17.5 Å². The number of halogens is 3. The minimum Gasteiger partial charge on any atom is -0.374 e. The molecule has 1 rings (SSSR count). The Balaban J connectivity index is 2.87. The highest BCUT2D eigenvalue weighted by atomic mass is 19.4. The Morgan fingerprint density at radius 2 is 1.80 bits per heavy atom. The molecule has 0 bridgehead atoms. The summed E-state index contributed by atoms with van der Waals surface area (Å²) in [4.78, 5) is 0. The largest absolute Gasteiger partial charge is 0.416 e. The molecule has 4 heteroatoms. The van der Waals surface area contributed by atoms with Crippen molar-refractivity contribution >= 4 is 0 Å². The van der Waals surface area contributed by atoms with Gasteiger partial charge in [-0.3, -0.25) is 0 Å². The van der Waals surface area contributed by atoms with Crippen LogP contribution in [0, 0.1) is 0 Å². The van der Waals surface area contributed by atoms with E-state index in [-0.39, 0.29) is 18.3 Å². The van der Waals surface area contributed by atoms with Gasteiger partial charge >= 0.3 is 6.18 Å². The summed E-state index contributed by atoms with van der Waals surface area (Å²) in [5, 5.41) is 0. The van der Waals surface area contributed by atoms with Crippen LogP contribution < -0.4 is 0 Å². The average Bonchev–Trinajstić information content (AvgIpc) is 2.13. The molecule has 0 unspecified atom stereocenters. The summed E-state index contributed by atoms with van der Waals surface area (Å²) in [6, 6.07) is 5.46.